The maximum Gasteiger partial charge on any atom is 0.227 e. The van der Waals surface area contributed by atoms with E-state index in [0.717, 1.165) is 45.6 Å². The molecule has 2 atom stereocenters. The minimum absolute atomic E-state index is 0.136. The topological polar surface area (TPSA) is 49.9 Å². The minimum atomic E-state index is -0.136. The Morgan fingerprint density at radius 1 is 1.21 bits per heavy atom. The van der Waals surface area contributed by atoms with Crippen molar-refractivity contribution in [1.29, 1.82) is 0 Å². The molecule has 1 saturated carbocycles. The maximum absolute atomic E-state index is 12.9. The van der Waals surface area contributed by atoms with E-state index in [1.165, 1.54) is 25.7 Å². The van der Waals surface area contributed by atoms with Crippen LogP contribution in [0.2, 0.25) is 0 Å². The van der Waals surface area contributed by atoms with Crippen molar-refractivity contribution in [2.45, 2.75) is 64.3 Å². The second kappa shape index (κ2) is 8.32. The summed E-state index contributed by atoms with van der Waals surface area (Å²) in [5.41, 5.74) is 0. The number of amides is 2. The summed E-state index contributed by atoms with van der Waals surface area (Å²) in [5.74, 6) is 0.696. The predicted molar refractivity (Wildman–Crippen MR) is 92.5 cm³/mol. The van der Waals surface area contributed by atoms with Gasteiger partial charge in [-0.1, -0.05) is 25.7 Å². The van der Waals surface area contributed by atoms with Crippen LogP contribution < -0.4 is 0 Å². The number of ether oxygens (including phenoxy) is 1. The van der Waals surface area contributed by atoms with Crippen molar-refractivity contribution in [2.24, 2.45) is 11.8 Å². The fourth-order valence-electron chi connectivity index (χ4n) is 4.49. The molecule has 2 amide bonds. The lowest BCUT2D eigenvalue weighted by molar-refractivity contribution is -0.136. The summed E-state index contributed by atoms with van der Waals surface area (Å²) >= 11 is 0. The van der Waals surface area contributed by atoms with Gasteiger partial charge in [-0.15, -0.1) is 0 Å². The van der Waals surface area contributed by atoms with E-state index in [2.05, 4.69) is 0 Å². The van der Waals surface area contributed by atoms with E-state index >= 15 is 0 Å². The van der Waals surface area contributed by atoms with Gasteiger partial charge in [0.25, 0.3) is 0 Å². The molecule has 0 aromatic heterocycles. The van der Waals surface area contributed by atoms with Gasteiger partial charge in [0.15, 0.2) is 0 Å². The molecule has 5 heteroatoms. The standard InChI is InChI=1S/C19H32N2O3/c1-2-20(12-15-9-10-24-14-15)19(23)16-11-18(22)21(13-16)17-7-5-3-4-6-8-17/h15-17H,2-14H2,1H3/t15-,16-/m1/s1. The molecule has 2 aliphatic heterocycles. The molecule has 136 valence electrons. The molecule has 3 rings (SSSR count). The highest BCUT2D eigenvalue weighted by molar-refractivity contribution is 5.89. The lowest BCUT2D eigenvalue weighted by Gasteiger charge is -2.29. The molecular weight excluding hydrogens is 304 g/mol. The van der Waals surface area contributed by atoms with Gasteiger partial charge in [-0.3, -0.25) is 9.59 Å². The highest BCUT2D eigenvalue weighted by Crippen LogP contribution is 2.29. The number of hydrogen-bond donors (Lipinski definition) is 0. The van der Waals surface area contributed by atoms with Crippen molar-refractivity contribution >= 4 is 11.8 Å². The zero-order valence-corrected chi connectivity index (χ0v) is 15.0. The quantitative estimate of drug-likeness (QED) is 0.725. The Morgan fingerprint density at radius 2 is 1.96 bits per heavy atom. The summed E-state index contributed by atoms with van der Waals surface area (Å²) in [6, 6.07) is 0.371. The molecule has 0 bridgehead atoms. The highest BCUT2D eigenvalue weighted by Gasteiger charge is 2.39. The first-order valence-electron chi connectivity index (χ1n) is 9.85. The second-order valence-corrected chi connectivity index (χ2v) is 7.70. The van der Waals surface area contributed by atoms with Crippen LogP contribution in [0.15, 0.2) is 0 Å². The number of carbonyl (C=O) groups excluding carboxylic acids is 2. The maximum atomic E-state index is 12.9. The Morgan fingerprint density at radius 3 is 2.58 bits per heavy atom. The van der Waals surface area contributed by atoms with Gasteiger partial charge in [-0.05, 0) is 26.2 Å². The summed E-state index contributed by atoms with van der Waals surface area (Å²) in [6.45, 7) is 5.76. The average molecular weight is 336 g/mol. The Balaban J connectivity index is 1.57. The van der Waals surface area contributed by atoms with Crippen LogP contribution >= 0.6 is 0 Å². The summed E-state index contributed by atoms with van der Waals surface area (Å²) in [4.78, 5) is 29.4. The fraction of sp³-hybridized carbons (Fsp3) is 0.895. The second-order valence-electron chi connectivity index (χ2n) is 7.70. The van der Waals surface area contributed by atoms with Crippen molar-refractivity contribution in [3.05, 3.63) is 0 Å². The third kappa shape index (κ3) is 4.11. The molecule has 0 spiro atoms. The molecule has 1 aliphatic carbocycles. The third-order valence-corrected chi connectivity index (χ3v) is 5.97. The molecule has 2 saturated heterocycles. The molecule has 0 unspecified atom stereocenters. The van der Waals surface area contributed by atoms with E-state index in [-0.39, 0.29) is 17.7 Å². The van der Waals surface area contributed by atoms with Crippen LogP contribution in [-0.4, -0.2) is 60.5 Å². The van der Waals surface area contributed by atoms with Gasteiger partial charge in [0.1, 0.15) is 0 Å². The predicted octanol–water partition coefficient (Wildman–Crippen LogP) is 2.44. The van der Waals surface area contributed by atoms with Crippen molar-refractivity contribution in [3.8, 4) is 0 Å². The SMILES string of the molecule is CCN(C[C@H]1CCOC1)C(=O)[C@@H]1CC(=O)N(C2CCCCCC2)C1. The largest absolute Gasteiger partial charge is 0.381 e. The summed E-state index contributed by atoms with van der Waals surface area (Å²) < 4.78 is 5.43. The Bertz CT molecular complexity index is 440. The molecule has 3 fully saturated rings. The number of carbonyl (C=O) groups is 2. The summed E-state index contributed by atoms with van der Waals surface area (Å²) in [7, 11) is 0. The molecule has 0 aromatic carbocycles. The van der Waals surface area contributed by atoms with E-state index in [9.17, 15) is 9.59 Å². The van der Waals surface area contributed by atoms with Gasteiger partial charge in [0.2, 0.25) is 11.8 Å². The van der Waals surface area contributed by atoms with Crippen molar-refractivity contribution in [1.82, 2.24) is 9.80 Å². The average Bonchev–Trinajstić information content (AvgIpc) is 3.15. The summed E-state index contributed by atoms with van der Waals surface area (Å²) in [6.07, 6.45) is 8.69. The Kier molecular flexibility index (Phi) is 6.14. The normalized spacial score (nSPS) is 29.0. The van der Waals surface area contributed by atoms with Gasteiger partial charge in [0, 0.05) is 44.6 Å². The van der Waals surface area contributed by atoms with Crippen LogP contribution in [0, 0.1) is 11.8 Å². The van der Waals surface area contributed by atoms with Crippen LogP contribution in [0.5, 0.6) is 0 Å². The zero-order valence-electron chi connectivity index (χ0n) is 15.0. The third-order valence-electron chi connectivity index (χ3n) is 5.97. The Labute approximate surface area is 145 Å². The number of nitrogens with zero attached hydrogens (tertiary/aromatic N) is 2. The first-order valence-corrected chi connectivity index (χ1v) is 9.85. The zero-order chi connectivity index (χ0) is 16.9. The lowest BCUT2D eigenvalue weighted by atomic mass is 10.0. The van der Waals surface area contributed by atoms with Crippen LogP contribution in [0.4, 0.5) is 0 Å². The van der Waals surface area contributed by atoms with Crippen LogP contribution in [0.25, 0.3) is 0 Å². The molecule has 0 aromatic rings. The van der Waals surface area contributed by atoms with Gasteiger partial charge >= 0.3 is 0 Å². The molecule has 0 radical (unpaired) electrons. The number of rotatable bonds is 5. The molecule has 24 heavy (non-hydrogen) atoms. The molecule has 2 heterocycles. The fourth-order valence-corrected chi connectivity index (χ4v) is 4.49. The molecular formula is C19H32N2O3. The molecule has 0 N–H and O–H groups in total. The van der Waals surface area contributed by atoms with Crippen molar-refractivity contribution < 1.29 is 14.3 Å². The van der Waals surface area contributed by atoms with Crippen LogP contribution in [0.1, 0.15) is 58.3 Å². The van der Waals surface area contributed by atoms with Gasteiger partial charge < -0.3 is 14.5 Å². The minimum Gasteiger partial charge on any atom is -0.381 e. The first-order chi connectivity index (χ1) is 11.7. The van der Waals surface area contributed by atoms with E-state index in [1.54, 1.807) is 0 Å². The summed E-state index contributed by atoms with van der Waals surface area (Å²) in [5, 5.41) is 0. The van der Waals surface area contributed by atoms with Crippen molar-refractivity contribution in [3.63, 3.8) is 0 Å². The highest BCUT2D eigenvalue weighted by atomic mass is 16.5. The monoisotopic (exact) mass is 336 g/mol. The van der Waals surface area contributed by atoms with Crippen molar-refractivity contribution in [2.75, 3.05) is 32.8 Å². The molecule has 3 aliphatic rings. The number of likely N-dealkylation sites (tertiary alicyclic amines) is 1. The molecule has 5 nitrogen and oxygen atoms in total. The Hall–Kier alpha value is -1.10. The first kappa shape index (κ1) is 17.7. The van der Waals surface area contributed by atoms with Crippen LogP contribution in [0.3, 0.4) is 0 Å². The smallest absolute Gasteiger partial charge is 0.227 e. The van der Waals surface area contributed by atoms with E-state index in [1.807, 2.05) is 16.7 Å². The van der Waals surface area contributed by atoms with Gasteiger partial charge in [-0.2, -0.15) is 0 Å². The van der Waals surface area contributed by atoms with Crippen LogP contribution in [-0.2, 0) is 14.3 Å². The van der Waals surface area contributed by atoms with E-state index in [4.69, 9.17) is 4.74 Å². The van der Waals surface area contributed by atoms with E-state index < -0.39 is 0 Å². The van der Waals surface area contributed by atoms with Gasteiger partial charge in [0.05, 0.1) is 12.5 Å². The van der Waals surface area contributed by atoms with E-state index in [0.29, 0.717) is 24.9 Å². The van der Waals surface area contributed by atoms with Gasteiger partial charge in [-0.25, -0.2) is 0 Å². The lowest BCUT2D eigenvalue weighted by Crippen LogP contribution is -2.41. The number of hydrogen-bond acceptors (Lipinski definition) is 3.